The van der Waals surface area contributed by atoms with E-state index in [1.54, 1.807) is 0 Å². The first-order valence-electron chi connectivity index (χ1n) is 7.02. The van der Waals surface area contributed by atoms with Gasteiger partial charge in [-0.1, -0.05) is 24.3 Å². The molecular weight excluding hydrogens is 272 g/mol. The molecule has 0 saturated carbocycles. The van der Waals surface area contributed by atoms with Crippen LogP contribution in [0.1, 0.15) is 40.5 Å². The normalized spacial score (nSPS) is 25.6. The van der Waals surface area contributed by atoms with Gasteiger partial charge < -0.3 is 9.15 Å². The molecule has 5 heteroatoms. The third-order valence-corrected chi connectivity index (χ3v) is 5.18. The van der Waals surface area contributed by atoms with E-state index >= 15 is 0 Å². The van der Waals surface area contributed by atoms with Gasteiger partial charge in [-0.25, -0.2) is 0 Å². The number of aromatic nitrogens is 2. The minimum Gasteiger partial charge on any atom is -0.423 e. The van der Waals surface area contributed by atoms with Crippen LogP contribution in [0, 0.1) is 0 Å². The first-order valence-corrected chi connectivity index (χ1v) is 8.07. The summed E-state index contributed by atoms with van der Waals surface area (Å²) in [6, 6.07) is 8.56. The van der Waals surface area contributed by atoms with Crippen molar-refractivity contribution < 1.29 is 9.15 Å². The Kier molecular flexibility index (Phi) is 3.24. The van der Waals surface area contributed by atoms with Gasteiger partial charge in [0.1, 0.15) is 5.25 Å². The fourth-order valence-corrected chi connectivity index (χ4v) is 4.07. The van der Waals surface area contributed by atoms with E-state index in [1.165, 1.54) is 11.1 Å². The monoisotopic (exact) mass is 288 g/mol. The van der Waals surface area contributed by atoms with Crippen LogP contribution in [0.15, 0.2) is 28.7 Å². The third-order valence-electron chi connectivity index (χ3n) is 3.95. The van der Waals surface area contributed by atoms with E-state index < -0.39 is 0 Å². The summed E-state index contributed by atoms with van der Waals surface area (Å²) in [5.41, 5.74) is 2.72. The van der Waals surface area contributed by atoms with E-state index in [1.807, 2.05) is 11.8 Å². The molecule has 1 aromatic heterocycles. The molecule has 2 aromatic rings. The van der Waals surface area contributed by atoms with Gasteiger partial charge in [0, 0.05) is 6.61 Å². The van der Waals surface area contributed by atoms with Gasteiger partial charge in [-0.15, -0.1) is 22.0 Å². The van der Waals surface area contributed by atoms with E-state index in [0.29, 0.717) is 6.61 Å². The molecule has 3 heterocycles. The Hall–Kier alpha value is -1.33. The summed E-state index contributed by atoms with van der Waals surface area (Å²) in [5, 5.41) is 8.71. The van der Waals surface area contributed by atoms with Crippen LogP contribution < -0.4 is 0 Å². The van der Waals surface area contributed by atoms with Gasteiger partial charge in [0.2, 0.25) is 11.8 Å². The maximum atomic E-state index is 5.94. The number of thioether (sulfide) groups is 1. The number of nitrogens with zero attached hydrogens (tertiary/aromatic N) is 2. The van der Waals surface area contributed by atoms with Gasteiger partial charge in [0.15, 0.2) is 0 Å². The molecule has 2 aliphatic rings. The largest absolute Gasteiger partial charge is 0.423 e. The Morgan fingerprint density at radius 2 is 2.05 bits per heavy atom. The number of fused-ring (bicyclic) bond motifs is 1. The Bertz CT molecular complexity index is 607. The highest BCUT2D eigenvalue weighted by Gasteiger charge is 2.29. The Balaban J connectivity index is 1.65. The number of rotatable bonds is 2. The molecule has 0 unspecified atom stereocenters. The summed E-state index contributed by atoms with van der Waals surface area (Å²) >= 11 is 1.89. The molecule has 0 N–H and O–H groups in total. The van der Waals surface area contributed by atoms with Gasteiger partial charge in [0.25, 0.3) is 0 Å². The Morgan fingerprint density at radius 3 is 2.95 bits per heavy atom. The van der Waals surface area contributed by atoms with Crippen molar-refractivity contribution in [2.75, 3.05) is 19.0 Å². The SMILES string of the molecule is c1ccc2c(c1)CCS[C@H]2c1nnc([C@@H]2CCOC2)o1. The van der Waals surface area contributed by atoms with Crippen molar-refractivity contribution in [3.63, 3.8) is 0 Å². The van der Waals surface area contributed by atoms with Gasteiger partial charge in [0.05, 0.1) is 12.5 Å². The van der Waals surface area contributed by atoms with Crippen LogP contribution >= 0.6 is 11.8 Å². The quantitative estimate of drug-likeness (QED) is 0.850. The zero-order valence-corrected chi connectivity index (χ0v) is 11.9. The molecule has 0 aliphatic carbocycles. The summed E-state index contributed by atoms with van der Waals surface area (Å²) in [5.74, 6) is 2.86. The maximum Gasteiger partial charge on any atom is 0.233 e. The van der Waals surface area contributed by atoms with Crippen LogP contribution in [-0.2, 0) is 11.2 Å². The molecule has 1 saturated heterocycles. The number of hydrogen-bond acceptors (Lipinski definition) is 5. The van der Waals surface area contributed by atoms with Crippen molar-refractivity contribution in [2.45, 2.75) is 24.0 Å². The standard InChI is InChI=1S/C15H16N2O2S/c1-2-4-12-10(3-1)6-8-20-13(12)15-17-16-14(19-15)11-5-7-18-9-11/h1-4,11,13H,5-9H2/t11-,13-/m1/s1. The molecule has 0 bridgehead atoms. The minimum atomic E-state index is 0.184. The summed E-state index contributed by atoms with van der Waals surface area (Å²) < 4.78 is 11.3. The topological polar surface area (TPSA) is 48.2 Å². The van der Waals surface area contributed by atoms with Crippen molar-refractivity contribution in [3.05, 3.63) is 47.2 Å². The molecule has 4 nitrogen and oxygen atoms in total. The smallest absolute Gasteiger partial charge is 0.233 e. The lowest BCUT2D eigenvalue weighted by atomic mass is 10.0. The second kappa shape index (κ2) is 5.22. The Morgan fingerprint density at radius 1 is 1.15 bits per heavy atom. The van der Waals surface area contributed by atoms with Crippen molar-refractivity contribution in [1.82, 2.24) is 10.2 Å². The molecule has 2 atom stereocenters. The lowest BCUT2D eigenvalue weighted by molar-refractivity contribution is 0.190. The third kappa shape index (κ3) is 2.15. The van der Waals surface area contributed by atoms with Crippen molar-refractivity contribution in [1.29, 1.82) is 0 Å². The predicted molar refractivity (Wildman–Crippen MR) is 76.9 cm³/mol. The van der Waals surface area contributed by atoms with E-state index in [9.17, 15) is 0 Å². The van der Waals surface area contributed by atoms with Crippen LogP contribution in [0.4, 0.5) is 0 Å². The minimum absolute atomic E-state index is 0.184. The van der Waals surface area contributed by atoms with Crippen LogP contribution in [0.5, 0.6) is 0 Å². The fraction of sp³-hybridized carbons (Fsp3) is 0.467. The highest BCUT2D eigenvalue weighted by atomic mass is 32.2. The van der Waals surface area contributed by atoms with E-state index in [0.717, 1.165) is 37.0 Å². The molecule has 1 aromatic carbocycles. The summed E-state index contributed by atoms with van der Waals surface area (Å²) in [6.45, 7) is 1.50. The molecule has 104 valence electrons. The molecule has 0 amide bonds. The van der Waals surface area contributed by atoms with Crippen molar-refractivity contribution in [3.8, 4) is 0 Å². The first kappa shape index (κ1) is 12.4. The van der Waals surface area contributed by atoms with E-state index in [-0.39, 0.29) is 11.2 Å². The van der Waals surface area contributed by atoms with Crippen LogP contribution in [0.25, 0.3) is 0 Å². The van der Waals surface area contributed by atoms with E-state index in [4.69, 9.17) is 9.15 Å². The summed E-state index contributed by atoms with van der Waals surface area (Å²) in [4.78, 5) is 0. The second-order valence-electron chi connectivity index (χ2n) is 5.24. The average molecular weight is 288 g/mol. The second-order valence-corrected chi connectivity index (χ2v) is 6.45. The molecule has 1 fully saturated rings. The summed E-state index contributed by atoms with van der Waals surface area (Å²) in [7, 11) is 0. The number of hydrogen-bond donors (Lipinski definition) is 0. The summed E-state index contributed by atoms with van der Waals surface area (Å²) in [6.07, 6.45) is 2.10. The lowest BCUT2D eigenvalue weighted by Crippen LogP contribution is -2.09. The number of ether oxygens (including phenoxy) is 1. The van der Waals surface area contributed by atoms with Crippen molar-refractivity contribution in [2.24, 2.45) is 0 Å². The Labute approximate surface area is 121 Å². The number of aryl methyl sites for hydroxylation is 1. The average Bonchev–Trinajstić information content (AvgIpc) is 3.17. The van der Waals surface area contributed by atoms with Gasteiger partial charge >= 0.3 is 0 Å². The van der Waals surface area contributed by atoms with E-state index in [2.05, 4.69) is 34.5 Å². The molecule has 20 heavy (non-hydrogen) atoms. The lowest BCUT2D eigenvalue weighted by Gasteiger charge is -2.22. The van der Waals surface area contributed by atoms with Crippen LogP contribution in [0.3, 0.4) is 0 Å². The molecule has 2 aliphatic heterocycles. The zero-order valence-electron chi connectivity index (χ0n) is 11.1. The zero-order chi connectivity index (χ0) is 13.4. The fourth-order valence-electron chi connectivity index (χ4n) is 2.85. The first-order chi connectivity index (χ1) is 9.92. The van der Waals surface area contributed by atoms with Crippen LogP contribution in [0.2, 0.25) is 0 Å². The molecular formula is C15H16N2O2S. The van der Waals surface area contributed by atoms with Crippen LogP contribution in [-0.4, -0.2) is 29.2 Å². The highest BCUT2D eigenvalue weighted by Crippen LogP contribution is 2.41. The molecule has 0 spiro atoms. The molecule has 4 rings (SSSR count). The number of benzene rings is 1. The van der Waals surface area contributed by atoms with Gasteiger partial charge in [-0.2, -0.15) is 0 Å². The van der Waals surface area contributed by atoms with Gasteiger partial charge in [-0.05, 0) is 29.7 Å². The maximum absolute atomic E-state index is 5.94. The van der Waals surface area contributed by atoms with Crippen molar-refractivity contribution >= 4 is 11.8 Å². The highest BCUT2D eigenvalue weighted by molar-refractivity contribution is 7.99. The molecule has 0 radical (unpaired) electrons. The predicted octanol–water partition coefficient (Wildman–Crippen LogP) is 2.95. The van der Waals surface area contributed by atoms with Gasteiger partial charge in [-0.3, -0.25) is 0 Å².